The minimum Gasteiger partial charge on any atom is -0.366 e. The lowest BCUT2D eigenvalue weighted by Crippen LogP contribution is -2.58. The standard InChI is InChI=1S/C28H38N6O4/c1-17-23-22(15-28(6,7)33(25(23)37)26(38)27(3,4)5)34(30-17)20-8-9-21(24(29)36)19(14-20)16-31-10-12-32(13-11-31)18(2)35/h8-9,14H,10-13,15-16H2,1-7H3,(H2,29,36). The highest BCUT2D eigenvalue weighted by atomic mass is 16.2. The fourth-order valence-corrected chi connectivity index (χ4v) is 5.35. The number of primary amides is 1. The summed E-state index contributed by atoms with van der Waals surface area (Å²) >= 11 is 0. The lowest BCUT2D eigenvalue weighted by Gasteiger charge is -2.43. The van der Waals surface area contributed by atoms with E-state index in [1.54, 1.807) is 30.7 Å². The van der Waals surface area contributed by atoms with Gasteiger partial charge >= 0.3 is 0 Å². The molecule has 0 bridgehead atoms. The van der Waals surface area contributed by atoms with E-state index in [9.17, 15) is 19.2 Å². The first kappa shape index (κ1) is 27.5. The number of fused-ring (bicyclic) bond motifs is 1. The second kappa shape index (κ2) is 9.65. The number of imide groups is 1. The van der Waals surface area contributed by atoms with Crippen LogP contribution in [0.25, 0.3) is 5.69 Å². The lowest BCUT2D eigenvalue weighted by molar-refractivity contribution is -0.141. The Balaban J connectivity index is 1.71. The molecule has 10 heteroatoms. The molecule has 4 amide bonds. The minimum absolute atomic E-state index is 0.0588. The van der Waals surface area contributed by atoms with E-state index in [4.69, 9.17) is 10.8 Å². The van der Waals surface area contributed by atoms with Crippen LogP contribution in [0.5, 0.6) is 0 Å². The second-order valence-electron chi connectivity index (χ2n) is 12.0. The summed E-state index contributed by atoms with van der Waals surface area (Å²) in [7, 11) is 0. The number of piperazine rings is 1. The van der Waals surface area contributed by atoms with Crippen LogP contribution < -0.4 is 5.73 Å². The van der Waals surface area contributed by atoms with Crippen LogP contribution in [0.1, 0.15) is 79.2 Å². The first-order valence-corrected chi connectivity index (χ1v) is 13.0. The third-order valence-electron chi connectivity index (χ3n) is 7.43. The smallest absolute Gasteiger partial charge is 0.264 e. The SMILES string of the molecule is CC(=O)N1CCN(Cc2cc(-n3nc(C)c4c3CC(C)(C)N(C(=O)C(C)(C)C)C4=O)ccc2C(N)=O)CC1. The number of aromatic nitrogens is 2. The molecule has 38 heavy (non-hydrogen) atoms. The molecule has 0 atom stereocenters. The molecular formula is C28H38N6O4. The van der Waals surface area contributed by atoms with Crippen molar-refractivity contribution in [3.05, 3.63) is 46.3 Å². The summed E-state index contributed by atoms with van der Waals surface area (Å²) in [6.07, 6.45) is 0.441. The maximum atomic E-state index is 13.7. The van der Waals surface area contributed by atoms with Gasteiger partial charge in [0, 0.05) is 57.0 Å². The third-order valence-corrected chi connectivity index (χ3v) is 7.43. The van der Waals surface area contributed by atoms with Gasteiger partial charge in [-0.15, -0.1) is 0 Å². The topological polar surface area (TPSA) is 122 Å². The van der Waals surface area contributed by atoms with Crippen LogP contribution in [0.2, 0.25) is 0 Å². The van der Waals surface area contributed by atoms with Gasteiger partial charge in [-0.2, -0.15) is 5.10 Å². The van der Waals surface area contributed by atoms with Crippen LogP contribution in [0.15, 0.2) is 18.2 Å². The van der Waals surface area contributed by atoms with E-state index >= 15 is 0 Å². The Kier molecular flexibility index (Phi) is 6.98. The second-order valence-corrected chi connectivity index (χ2v) is 12.0. The summed E-state index contributed by atoms with van der Waals surface area (Å²) in [6, 6.07) is 5.38. The van der Waals surface area contributed by atoms with Crippen LogP contribution >= 0.6 is 0 Å². The highest BCUT2D eigenvalue weighted by Crippen LogP contribution is 2.36. The molecule has 10 nitrogen and oxygen atoms in total. The van der Waals surface area contributed by atoms with Crippen LogP contribution in [0.4, 0.5) is 0 Å². The Morgan fingerprint density at radius 1 is 1.08 bits per heavy atom. The maximum absolute atomic E-state index is 13.7. The largest absolute Gasteiger partial charge is 0.366 e. The normalized spacial score (nSPS) is 17.9. The Morgan fingerprint density at radius 2 is 1.71 bits per heavy atom. The first-order valence-electron chi connectivity index (χ1n) is 13.0. The average Bonchev–Trinajstić information content (AvgIpc) is 3.13. The number of aryl methyl sites for hydroxylation is 1. The average molecular weight is 523 g/mol. The van der Waals surface area contributed by atoms with E-state index in [1.807, 2.05) is 45.6 Å². The highest BCUT2D eigenvalue weighted by molar-refractivity contribution is 6.09. The van der Waals surface area contributed by atoms with Crippen molar-refractivity contribution in [3.63, 3.8) is 0 Å². The maximum Gasteiger partial charge on any atom is 0.264 e. The van der Waals surface area contributed by atoms with Crippen molar-refractivity contribution >= 4 is 23.6 Å². The van der Waals surface area contributed by atoms with Crippen LogP contribution in [-0.2, 0) is 22.6 Å². The number of carbonyl (C=O) groups is 4. The van der Waals surface area contributed by atoms with Crippen molar-refractivity contribution in [1.82, 2.24) is 24.5 Å². The Labute approximate surface area is 223 Å². The first-order chi connectivity index (χ1) is 17.6. The summed E-state index contributed by atoms with van der Waals surface area (Å²) in [5.74, 6) is -1.01. The van der Waals surface area contributed by atoms with Crippen molar-refractivity contribution in [2.24, 2.45) is 11.1 Å². The predicted molar refractivity (Wildman–Crippen MR) is 143 cm³/mol. The third kappa shape index (κ3) is 4.97. The summed E-state index contributed by atoms with van der Waals surface area (Å²) < 4.78 is 1.76. The van der Waals surface area contributed by atoms with Crippen molar-refractivity contribution in [2.75, 3.05) is 26.2 Å². The molecule has 4 rings (SSSR count). The van der Waals surface area contributed by atoms with Crippen molar-refractivity contribution in [1.29, 1.82) is 0 Å². The highest BCUT2D eigenvalue weighted by Gasteiger charge is 2.47. The molecule has 204 valence electrons. The van der Waals surface area contributed by atoms with E-state index in [1.165, 1.54) is 4.90 Å². The molecule has 0 saturated carbocycles. The van der Waals surface area contributed by atoms with E-state index in [2.05, 4.69) is 4.90 Å². The molecule has 0 radical (unpaired) electrons. The Bertz CT molecular complexity index is 1310. The van der Waals surface area contributed by atoms with E-state index < -0.39 is 16.9 Å². The van der Waals surface area contributed by atoms with E-state index in [0.717, 1.165) is 16.9 Å². The van der Waals surface area contributed by atoms with Gasteiger partial charge in [-0.05, 0) is 44.5 Å². The Morgan fingerprint density at radius 3 is 2.26 bits per heavy atom. The van der Waals surface area contributed by atoms with Gasteiger partial charge in [-0.3, -0.25) is 29.0 Å². The number of hydrogen-bond acceptors (Lipinski definition) is 6. The number of hydrogen-bond donors (Lipinski definition) is 1. The zero-order valence-electron chi connectivity index (χ0n) is 23.4. The molecule has 1 fully saturated rings. The molecule has 1 aromatic carbocycles. The van der Waals surface area contributed by atoms with Gasteiger partial charge in [0.1, 0.15) is 0 Å². The number of rotatable bonds is 4. The molecule has 1 aromatic heterocycles. The van der Waals surface area contributed by atoms with Gasteiger partial charge in [0.2, 0.25) is 17.7 Å². The molecule has 0 unspecified atom stereocenters. The number of amides is 4. The quantitative estimate of drug-likeness (QED) is 0.658. The van der Waals surface area contributed by atoms with Gasteiger partial charge in [-0.1, -0.05) is 20.8 Å². The monoisotopic (exact) mass is 522 g/mol. The predicted octanol–water partition coefficient (Wildman–Crippen LogP) is 2.29. The fourth-order valence-electron chi connectivity index (χ4n) is 5.35. The summed E-state index contributed by atoms with van der Waals surface area (Å²) in [6.45, 7) is 15.7. The summed E-state index contributed by atoms with van der Waals surface area (Å²) in [5.41, 5.74) is 7.90. The molecule has 3 heterocycles. The number of benzene rings is 1. The zero-order valence-corrected chi connectivity index (χ0v) is 23.4. The molecule has 2 aliphatic heterocycles. The fraction of sp³-hybridized carbons (Fsp3) is 0.536. The van der Waals surface area contributed by atoms with Crippen molar-refractivity contribution in [3.8, 4) is 5.69 Å². The number of nitrogens with two attached hydrogens (primary N) is 1. The van der Waals surface area contributed by atoms with Crippen LogP contribution in [0.3, 0.4) is 0 Å². The van der Waals surface area contributed by atoms with Gasteiger partial charge in [0.15, 0.2) is 0 Å². The minimum atomic E-state index is -0.745. The van der Waals surface area contributed by atoms with E-state index in [0.29, 0.717) is 56.0 Å². The number of nitrogens with zero attached hydrogens (tertiary/aromatic N) is 5. The summed E-state index contributed by atoms with van der Waals surface area (Å²) in [5, 5.41) is 4.71. The molecule has 1 saturated heterocycles. The number of carbonyl (C=O) groups excluding carboxylic acids is 4. The van der Waals surface area contributed by atoms with Crippen molar-refractivity contribution < 1.29 is 19.2 Å². The molecular weight excluding hydrogens is 484 g/mol. The summed E-state index contributed by atoms with van der Waals surface area (Å²) in [4.78, 5) is 56.3. The van der Waals surface area contributed by atoms with Crippen LogP contribution in [-0.4, -0.2) is 79.8 Å². The zero-order chi connectivity index (χ0) is 28.2. The molecule has 2 aliphatic rings. The van der Waals surface area contributed by atoms with Gasteiger partial charge in [0.05, 0.1) is 28.2 Å². The molecule has 2 N–H and O–H groups in total. The van der Waals surface area contributed by atoms with Gasteiger partial charge in [0.25, 0.3) is 5.91 Å². The van der Waals surface area contributed by atoms with Gasteiger partial charge in [-0.25, -0.2) is 4.68 Å². The van der Waals surface area contributed by atoms with Crippen LogP contribution in [0, 0.1) is 12.3 Å². The lowest BCUT2D eigenvalue weighted by atomic mass is 9.84. The van der Waals surface area contributed by atoms with Crippen molar-refractivity contribution in [2.45, 2.75) is 67.0 Å². The molecule has 0 spiro atoms. The van der Waals surface area contributed by atoms with E-state index in [-0.39, 0.29) is 17.7 Å². The molecule has 2 aromatic rings. The Hall–Kier alpha value is -3.53. The van der Waals surface area contributed by atoms with Gasteiger partial charge < -0.3 is 10.6 Å². The molecule has 0 aliphatic carbocycles.